The summed E-state index contributed by atoms with van der Waals surface area (Å²) in [6.45, 7) is 3.20. The van der Waals surface area contributed by atoms with Gasteiger partial charge in [-0.05, 0) is 18.1 Å². The smallest absolute Gasteiger partial charge is 0.326 e. The van der Waals surface area contributed by atoms with E-state index in [1.165, 1.54) is 6.07 Å². The van der Waals surface area contributed by atoms with Gasteiger partial charge < -0.3 is 10.4 Å². The highest BCUT2D eigenvalue weighted by Gasteiger charge is 2.25. The minimum absolute atomic E-state index is 0.372. The second-order valence-electron chi connectivity index (χ2n) is 4.13. The monoisotopic (exact) mass is 257 g/mol. The van der Waals surface area contributed by atoms with Gasteiger partial charge >= 0.3 is 5.97 Å². The van der Waals surface area contributed by atoms with E-state index in [0.29, 0.717) is 0 Å². The summed E-state index contributed by atoms with van der Waals surface area (Å²) < 4.78 is 26.2. The minimum atomic E-state index is -1.29. The lowest BCUT2D eigenvalue weighted by atomic mass is 10.0. The van der Waals surface area contributed by atoms with Crippen molar-refractivity contribution in [2.45, 2.75) is 19.9 Å². The lowest BCUT2D eigenvalue weighted by molar-refractivity contribution is -0.140. The van der Waals surface area contributed by atoms with Crippen molar-refractivity contribution in [3.05, 3.63) is 35.4 Å². The molecule has 0 heterocycles. The fraction of sp³-hybridized carbons (Fsp3) is 0.333. The summed E-state index contributed by atoms with van der Waals surface area (Å²) in [5.74, 6) is -4.99. The predicted octanol–water partition coefficient (Wildman–Crippen LogP) is 1.80. The zero-order valence-electron chi connectivity index (χ0n) is 9.91. The van der Waals surface area contributed by atoms with Crippen molar-refractivity contribution in [1.82, 2.24) is 5.32 Å². The number of hydrogen-bond donors (Lipinski definition) is 2. The molecule has 0 saturated heterocycles. The van der Waals surface area contributed by atoms with E-state index in [4.69, 9.17) is 5.11 Å². The number of amides is 1. The number of benzene rings is 1. The Bertz CT molecular complexity index is 474. The number of halogens is 2. The van der Waals surface area contributed by atoms with Crippen LogP contribution >= 0.6 is 0 Å². The topological polar surface area (TPSA) is 66.4 Å². The molecule has 6 heteroatoms. The molecule has 0 aliphatic heterocycles. The first-order chi connectivity index (χ1) is 8.34. The normalized spacial score (nSPS) is 12.3. The molecule has 0 aromatic heterocycles. The summed E-state index contributed by atoms with van der Waals surface area (Å²) in [5.41, 5.74) is -0.512. The molecule has 1 amide bonds. The molecule has 0 aliphatic carbocycles. The zero-order chi connectivity index (χ0) is 13.9. The third-order valence-electron chi connectivity index (χ3n) is 2.42. The Labute approximate surface area is 103 Å². The number of aliphatic carboxylic acids is 1. The van der Waals surface area contributed by atoms with Crippen molar-refractivity contribution < 1.29 is 23.5 Å². The van der Waals surface area contributed by atoms with Crippen LogP contribution in [-0.2, 0) is 4.79 Å². The second-order valence-corrected chi connectivity index (χ2v) is 4.13. The molecule has 2 N–H and O–H groups in total. The molecule has 0 bridgehead atoms. The molecule has 98 valence electrons. The highest BCUT2D eigenvalue weighted by Crippen LogP contribution is 2.12. The highest BCUT2D eigenvalue weighted by molar-refractivity contribution is 5.96. The van der Waals surface area contributed by atoms with Gasteiger partial charge in [0.2, 0.25) is 0 Å². The molecule has 0 radical (unpaired) electrons. The summed E-state index contributed by atoms with van der Waals surface area (Å²) in [6, 6.07) is 1.99. The van der Waals surface area contributed by atoms with Crippen LogP contribution < -0.4 is 5.32 Å². The third kappa shape index (κ3) is 3.03. The summed E-state index contributed by atoms with van der Waals surface area (Å²) in [5, 5.41) is 11.0. The van der Waals surface area contributed by atoms with Crippen LogP contribution in [0.25, 0.3) is 0 Å². The standard InChI is InChI=1S/C12H13F2NO3/c1-6(2)10(12(17)18)15-11(16)7-4-3-5-8(13)9(7)14/h3-6,10H,1-2H3,(H,15,16)(H,17,18)/t10-/m1/s1. The largest absolute Gasteiger partial charge is 0.480 e. The van der Waals surface area contributed by atoms with E-state index in [9.17, 15) is 18.4 Å². The number of rotatable bonds is 4. The van der Waals surface area contributed by atoms with E-state index in [2.05, 4.69) is 5.32 Å². The van der Waals surface area contributed by atoms with Crippen molar-refractivity contribution in [2.24, 2.45) is 5.92 Å². The molecule has 1 rings (SSSR count). The fourth-order valence-corrected chi connectivity index (χ4v) is 1.41. The maximum absolute atomic E-state index is 13.3. The van der Waals surface area contributed by atoms with Gasteiger partial charge in [0.15, 0.2) is 11.6 Å². The van der Waals surface area contributed by atoms with Gasteiger partial charge in [0.1, 0.15) is 6.04 Å². The fourth-order valence-electron chi connectivity index (χ4n) is 1.41. The molecule has 1 atom stereocenters. The summed E-state index contributed by atoms with van der Waals surface area (Å²) in [7, 11) is 0. The Morgan fingerprint density at radius 1 is 1.28 bits per heavy atom. The lowest BCUT2D eigenvalue weighted by Gasteiger charge is -2.18. The van der Waals surface area contributed by atoms with Gasteiger partial charge in [0, 0.05) is 0 Å². The van der Waals surface area contributed by atoms with E-state index < -0.39 is 35.1 Å². The first-order valence-corrected chi connectivity index (χ1v) is 5.32. The molecule has 0 saturated carbocycles. The molecule has 0 aliphatic rings. The van der Waals surface area contributed by atoms with Crippen LogP contribution in [0.3, 0.4) is 0 Å². The highest BCUT2D eigenvalue weighted by atomic mass is 19.2. The Morgan fingerprint density at radius 3 is 2.39 bits per heavy atom. The molecule has 0 fully saturated rings. The second kappa shape index (κ2) is 5.57. The Hall–Kier alpha value is -1.98. The first-order valence-electron chi connectivity index (χ1n) is 5.32. The molecule has 1 aromatic rings. The van der Waals surface area contributed by atoms with Crippen molar-refractivity contribution in [2.75, 3.05) is 0 Å². The van der Waals surface area contributed by atoms with Crippen LogP contribution in [0.15, 0.2) is 18.2 Å². The van der Waals surface area contributed by atoms with Crippen molar-refractivity contribution in [3.63, 3.8) is 0 Å². The van der Waals surface area contributed by atoms with Crippen molar-refractivity contribution in [3.8, 4) is 0 Å². The van der Waals surface area contributed by atoms with Gasteiger partial charge in [0.25, 0.3) is 5.91 Å². The van der Waals surface area contributed by atoms with Gasteiger partial charge in [-0.1, -0.05) is 19.9 Å². The van der Waals surface area contributed by atoms with E-state index in [1.54, 1.807) is 13.8 Å². The molecule has 4 nitrogen and oxygen atoms in total. The summed E-state index contributed by atoms with van der Waals surface area (Å²) in [4.78, 5) is 22.5. The van der Waals surface area contributed by atoms with Crippen LogP contribution in [-0.4, -0.2) is 23.0 Å². The average Bonchev–Trinajstić information content (AvgIpc) is 2.28. The first kappa shape index (κ1) is 14.1. The maximum atomic E-state index is 13.3. The maximum Gasteiger partial charge on any atom is 0.326 e. The average molecular weight is 257 g/mol. The minimum Gasteiger partial charge on any atom is -0.480 e. The van der Waals surface area contributed by atoms with Gasteiger partial charge in [0.05, 0.1) is 5.56 Å². The Kier molecular flexibility index (Phi) is 4.36. The van der Waals surface area contributed by atoms with Crippen molar-refractivity contribution in [1.29, 1.82) is 0 Å². The summed E-state index contributed by atoms with van der Waals surface area (Å²) >= 11 is 0. The third-order valence-corrected chi connectivity index (χ3v) is 2.42. The van der Waals surface area contributed by atoms with E-state index in [1.807, 2.05) is 0 Å². The van der Waals surface area contributed by atoms with Gasteiger partial charge in [-0.25, -0.2) is 13.6 Å². The Balaban J connectivity index is 2.94. The lowest BCUT2D eigenvalue weighted by Crippen LogP contribution is -2.44. The number of hydrogen-bond acceptors (Lipinski definition) is 2. The van der Waals surface area contributed by atoms with E-state index >= 15 is 0 Å². The van der Waals surface area contributed by atoms with Crippen LogP contribution in [0.1, 0.15) is 24.2 Å². The summed E-state index contributed by atoms with van der Waals surface area (Å²) in [6.07, 6.45) is 0. The zero-order valence-corrected chi connectivity index (χ0v) is 9.91. The van der Waals surface area contributed by atoms with Gasteiger partial charge in [-0.3, -0.25) is 4.79 Å². The molecule has 18 heavy (non-hydrogen) atoms. The number of carbonyl (C=O) groups is 2. The number of carboxylic acid groups (broad SMARTS) is 1. The molecule has 0 unspecified atom stereocenters. The van der Waals surface area contributed by atoms with Crippen molar-refractivity contribution >= 4 is 11.9 Å². The van der Waals surface area contributed by atoms with Crippen LogP contribution in [0.5, 0.6) is 0 Å². The van der Waals surface area contributed by atoms with Gasteiger partial charge in [-0.2, -0.15) is 0 Å². The molecular formula is C12H13F2NO3. The van der Waals surface area contributed by atoms with Crippen LogP contribution in [0.4, 0.5) is 8.78 Å². The number of carbonyl (C=O) groups excluding carboxylic acids is 1. The Morgan fingerprint density at radius 2 is 1.89 bits per heavy atom. The SMILES string of the molecule is CC(C)[C@@H](NC(=O)c1cccc(F)c1F)C(=O)O. The van der Waals surface area contributed by atoms with Gasteiger partial charge in [-0.15, -0.1) is 0 Å². The number of nitrogens with one attached hydrogen (secondary N) is 1. The molecular weight excluding hydrogens is 244 g/mol. The molecule has 1 aromatic carbocycles. The number of carboxylic acids is 1. The van der Waals surface area contributed by atoms with Crippen LogP contribution in [0, 0.1) is 17.6 Å². The molecule has 0 spiro atoms. The van der Waals surface area contributed by atoms with Crippen LogP contribution in [0.2, 0.25) is 0 Å². The van der Waals surface area contributed by atoms with E-state index in [0.717, 1.165) is 12.1 Å². The predicted molar refractivity (Wildman–Crippen MR) is 60.1 cm³/mol. The quantitative estimate of drug-likeness (QED) is 0.864. The van der Waals surface area contributed by atoms with E-state index in [-0.39, 0.29) is 5.92 Å².